The molecule has 2 aromatic rings. The number of carbonyl (C=O) groups excluding carboxylic acids is 1. The van der Waals surface area contributed by atoms with Crippen LogP contribution in [0.4, 0.5) is 17.1 Å². The Hall–Kier alpha value is -2.58. The number of nitrogens with zero attached hydrogens (tertiary/aromatic N) is 2. The van der Waals surface area contributed by atoms with E-state index in [1.807, 2.05) is 12.1 Å². The maximum Gasteiger partial charge on any atom is 0.261 e. The summed E-state index contributed by atoms with van der Waals surface area (Å²) in [6, 6.07) is 12.3. The lowest BCUT2D eigenvalue weighted by Gasteiger charge is -2.35. The number of sulfonamides is 1. The molecule has 7 nitrogen and oxygen atoms in total. The number of aryl methyl sites for hydroxylation is 1. The standard InChI is InChI=1S/C21H26N4O3S/c1-2-24-11-13-25(14-12-24)18-6-4-17(5-7-18)23-29(27,28)19-8-9-20-16(15-19)3-10-21(26)22-20/h4-9,15,23H,2-3,10-14H2,1H3,(H,22,26). The van der Waals surface area contributed by atoms with Crippen molar-refractivity contribution in [2.24, 2.45) is 0 Å². The zero-order valence-corrected chi connectivity index (χ0v) is 17.3. The number of hydrogen-bond acceptors (Lipinski definition) is 5. The molecule has 2 aromatic carbocycles. The summed E-state index contributed by atoms with van der Waals surface area (Å²) in [7, 11) is -3.69. The van der Waals surface area contributed by atoms with Gasteiger partial charge in [-0.1, -0.05) is 6.92 Å². The molecule has 2 aliphatic heterocycles. The first kappa shape index (κ1) is 19.7. The molecular weight excluding hydrogens is 388 g/mol. The van der Waals surface area contributed by atoms with Crippen molar-refractivity contribution in [2.75, 3.05) is 47.7 Å². The molecule has 1 saturated heterocycles. The van der Waals surface area contributed by atoms with E-state index < -0.39 is 10.0 Å². The summed E-state index contributed by atoms with van der Waals surface area (Å²) in [4.78, 5) is 16.4. The van der Waals surface area contributed by atoms with E-state index in [9.17, 15) is 13.2 Å². The molecule has 0 atom stereocenters. The van der Waals surface area contributed by atoms with E-state index in [0.717, 1.165) is 44.0 Å². The molecule has 1 amide bonds. The minimum absolute atomic E-state index is 0.0394. The quantitative estimate of drug-likeness (QED) is 0.786. The van der Waals surface area contributed by atoms with E-state index in [0.29, 0.717) is 24.2 Å². The zero-order chi connectivity index (χ0) is 20.4. The summed E-state index contributed by atoms with van der Waals surface area (Å²) in [6.45, 7) is 7.29. The van der Waals surface area contributed by atoms with Crippen LogP contribution in [0.5, 0.6) is 0 Å². The lowest BCUT2D eigenvalue weighted by Crippen LogP contribution is -2.46. The van der Waals surface area contributed by atoms with Crippen molar-refractivity contribution in [3.05, 3.63) is 48.0 Å². The van der Waals surface area contributed by atoms with Crippen LogP contribution in [0.1, 0.15) is 18.9 Å². The van der Waals surface area contributed by atoms with Crippen LogP contribution in [0.25, 0.3) is 0 Å². The van der Waals surface area contributed by atoms with E-state index in [1.165, 1.54) is 6.07 Å². The summed E-state index contributed by atoms with van der Waals surface area (Å²) in [6.07, 6.45) is 0.919. The molecule has 2 N–H and O–H groups in total. The average molecular weight is 415 g/mol. The largest absolute Gasteiger partial charge is 0.369 e. The number of amides is 1. The lowest BCUT2D eigenvalue weighted by atomic mass is 10.0. The number of piperazine rings is 1. The summed E-state index contributed by atoms with van der Waals surface area (Å²) < 4.78 is 28.2. The summed E-state index contributed by atoms with van der Waals surface area (Å²) in [5, 5.41) is 2.77. The number of likely N-dealkylation sites (N-methyl/N-ethyl adjacent to an activating group) is 1. The number of hydrogen-bond donors (Lipinski definition) is 2. The van der Waals surface area contributed by atoms with Crippen LogP contribution in [0.15, 0.2) is 47.4 Å². The predicted octanol–water partition coefficient (Wildman–Crippen LogP) is 2.51. The van der Waals surface area contributed by atoms with Crippen LogP contribution in [0.2, 0.25) is 0 Å². The molecule has 2 aliphatic rings. The predicted molar refractivity (Wildman–Crippen MR) is 115 cm³/mol. The Morgan fingerprint density at radius 2 is 1.72 bits per heavy atom. The van der Waals surface area contributed by atoms with Crippen LogP contribution in [0, 0.1) is 0 Å². The van der Waals surface area contributed by atoms with Gasteiger partial charge in [-0.05, 0) is 61.0 Å². The molecule has 0 spiro atoms. The minimum Gasteiger partial charge on any atom is -0.369 e. The third-order valence-corrected chi connectivity index (χ3v) is 6.97. The van der Waals surface area contributed by atoms with Gasteiger partial charge in [0.25, 0.3) is 10.0 Å². The molecule has 0 saturated carbocycles. The molecule has 0 aromatic heterocycles. The first-order valence-corrected chi connectivity index (χ1v) is 11.5. The molecule has 0 aliphatic carbocycles. The highest BCUT2D eigenvalue weighted by molar-refractivity contribution is 7.92. The van der Waals surface area contributed by atoms with Gasteiger partial charge < -0.3 is 15.1 Å². The molecule has 29 heavy (non-hydrogen) atoms. The monoisotopic (exact) mass is 414 g/mol. The molecule has 4 rings (SSSR count). The summed E-state index contributed by atoms with van der Waals surface area (Å²) in [5.74, 6) is -0.0394. The van der Waals surface area contributed by atoms with Gasteiger partial charge in [-0.3, -0.25) is 9.52 Å². The van der Waals surface area contributed by atoms with Gasteiger partial charge in [0.15, 0.2) is 0 Å². The second kappa shape index (κ2) is 8.04. The van der Waals surface area contributed by atoms with Crippen molar-refractivity contribution in [1.29, 1.82) is 0 Å². The second-order valence-corrected chi connectivity index (χ2v) is 9.12. The molecule has 0 unspecified atom stereocenters. The smallest absolute Gasteiger partial charge is 0.261 e. The molecule has 2 heterocycles. The van der Waals surface area contributed by atoms with Crippen LogP contribution >= 0.6 is 0 Å². The molecule has 0 radical (unpaired) electrons. The van der Waals surface area contributed by atoms with Crippen LogP contribution < -0.4 is 14.9 Å². The molecule has 0 bridgehead atoms. The number of rotatable bonds is 5. The molecule has 1 fully saturated rings. The average Bonchev–Trinajstić information content (AvgIpc) is 2.73. The number of benzene rings is 2. The first-order chi connectivity index (χ1) is 13.9. The Morgan fingerprint density at radius 3 is 2.41 bits per heavy atom. The van der Waals surface area contributed by atoms with E-state index in [4.69, 9.17) is 0 Å². The SMILES string of the molecule is CCN1CCN(c2ccc(NS(=O)(=O)c3ccc4c(c3)CCC(=O)N4)cc2)CC1. The number of nitrogens with one attached hydrogen (secondary N) is 2. The highest BCUT2D eigenvalue weighted by Crippen LogP contribution is 2.27. The minimum atomic E-state index is -3.69. The molecular formula is C21H26N4O3S. The van der Waals surface area contributed by atoms with E-state index >= 15 is 0 Å². The van der Waals surface area contributed by atoms with Gasteiger partial charge in [0.05, 0.1) is 4.90 Å². The van der Waals surface area contributed by atoms with Crippen molar-refractivity contribution in [1.82, 2.24) is 4.90 Å². The van der Waals surface area contributed by atoms with Crippen LogP contribution in [0.3, 0.4) is 0 Å². The van der Waals surface area contributed by atoms with Gasteiger partial charge in [-0.15, -0.1) is 0 Å². The van der Waals surface area contributed by atoms with E-state index in [-0.39, 0.29) is 10.8 Å². The first-order valence-electron chi connectivity index (χ1n) is 9.97. The van der Waals surface area contributed by atoms with E-state index in [2.05, 4.69) is 26.8 Å². The highest BCUT2D eigenvalue weighted by Gasteiger charge is 2.20. The Balaban J connectivity index is 1.45. The van der Waals surface area contributed by atoms with Crippen molar-refractivity contribution in [3.63, 3.8) is 0 Å². The fraction of sp³-hybridized carbons (Fsp3) is 0.381. The van der Waals surface area contributed by atoms with Gasteiger partial charge in [0.2, 0.25) is 5.91 Å². The fourth-order valence-corrected chi connectivity index (χ4v) is 4.91. The third kappa shape index (κ3) is 4.38. The van der Waals surface area contributed by atoms with Crippen molar-refractivity contribution >= 4 is 33.0 Å². The van der Waals surface area contributed by atoms with Gasteiger partial charge in [0, 0.05) is 49.7 Å². The Bertz CT molecular complexity index is 997. The van der Waals surface area contributed by atoms with Crippen molar-refractivity contribution in [2.45, 2.75) is 24.7 Å². The third-order valence-electron chi connectivity index (χ3n) is 5.59. The maximum atomic E-state index is 12.8. The molecule has 8 heteroatoms. The Labute approximate surface area is 171 Å². The zero-order valence-electron chi connectivity index (χ0n) is 16.5. The molecule has 154 valence electrons. The van der Waals surface area contributed by atoms with Gasteiger partial charge in [0.1, 0.15) is 0 Å². The number of fused-ring (bicyclic) bond motifs is 1. The summed E-state index contributed by atoms with van der Waals surface area (Å²) >= 11 is 0. The fourth-order valence-electron chi connectivity index (χ4n) is 3.80. The Kier molecular flexibility index (Phi) is 5.47. The number of anilines is 3. The normalized spacial score (nSPS) is 17.6. The van der Waals surface area contributed by atoms with Crippen LogP contribution in [-0.2, 0) is 21.2 Å². The van der Waals surface area contributed by atoms with E-state index in [1.54, 1.807) is 24.3 Å². The summed E-state index contributed by atoms with van der Waals surface area (Å²) in [5.41, 5.74) is 3.17. The second-order valence-electron chi connectivity index (χ2n) is 7.44. The van der Waals surface area contributed by atoms with Gasteiger partial charge in [-0.2, -0.15) is 0 Å². The van der Waals surface area contributed by atoms with Crippen molar-refractivity contribution in [3.8, 4) is 0 Å². The number of carbonyl (C=O) groups is 1. The van der Waals surface area contributed by atoms with Gasteiger partial charge >= 0.3 is 0 Å². The topological polar surface area (TPSA) is 81.8 Å². The lowest BCUT2D eigenvalue weighted by molar-refractivity contribution is -0.116. The van der Waals surface area contributed by atoms with Crippen molar-refractivity contribution < 1.29 is 13.2 Å². The highest BCUT2D eigenvalue weighted by atomic mass is 32.2. The maximum absolute atomic E-state index is 12.8. The van der Waals surface area contributed by atoms with Crippen LogP contribution in [-0.4, -0.2) is 51.9 Å². The Morgan fingerprint density at radius 1 is 1.00 bits per heavy atom. The van der Waals surface area contributed by atoms with Gasteiger partial charge in [-0.25, -0.2) is 8.42 Å².